The maximum absolute atomic E-state index is 12.4. The molecule has 0 N–H and O–H groups in total. The van der Waals surface area contributed by atoms with Crippen LogP contribution in [0.4, 0.5) is 0 Å². The molecule has 2 rings (SSSR count). The van der Waals surface area contributed by atoms with E-state index in [9.17, 15) is 9.59 Å². The molecule has 1 amide bonds. The molecule has 1 heterocycles. The van der Waals surface area contributed by atoms with E-state index in [1.54, 1.807) is 18.9 Å². The van der Waals surface area contributed by atoms with Gasteiger partial charge in [0.05, 0.1) is 19.8 Å². The number of carbonyl (C=O) groups is 2. The molecule has 0 spiro atoms. The standard InChI is InChI=1S/C17H23NO4/c1-4-22-17(20)16(19)18-11-12(2)8-9-15(18)13-6-5-7-14(10-13)21-3/h5-7,10,12,15H,4,8-9,11H2,1-3H3/t12-,15+/m0/s1. The summed E-state index contributed by atoms with van der Waals surface area (Å²) in [5.74, 6) is -0.203. The molecule has 0 bridgehead atoms. The third kappa shape index (κ3) is 3.59. The third-order valence-electron chi connectivity index (χ3n) is 4.01. The molecule has 0 saturated carbocycles. The molecule has 1 aromatic rings. The van der Waals surface area contributed by atoms with Crippen LogP contribution in [0.1, 0.15) is 38.3 Å². The first-order valence-corrected chi connectivity index (χ1v) is 7.68. The highest BCUT2D eigenvalue weighted by molar-refractivity contribution is 6.32. The van der Waals surface area contributed by atoms with Crippen molar-refractivity contribution in [3.63, 3.8) is 0 Å². The van der Waals surface area contributed by atoms with Crippen molar-refractivity contribution in [1.82, 2.24) is 4.90 Å². The van der Waals surface area contributed by atoms with Crippen LogP contribution in [0, 0.1) is 5.92 Å². The summed E-state index contributed by atoms with van der Waals surface area (Å²) in [6.07, 6.45) is 1.86. The van der Waals surface area contributed by atoms with Crippen LogP contribution in [0.2, 0.25) is 0 Å². The summed E-state index contributed by atoms with van der Waals surface area (Å²) in [4.78, 5) is 25.8. The number of nitrogens with zero attached hydrogens (tertiary/aromatic N) is 1. The monoisotopic (exact) mass is 305 g/mol. The molecule has 5 nitrogen and oxygen atoms in total. The van der Waals surface area contributed by atoms with E-state index in [4.69, 9.17) is 9.47 Å². The van der Waals surface area contributed by atoms with Crippen molar-refractivity contribution in [3.05, 3.63) is 29.8 Å². The third-order valence-corrected chi connectivity index (χ3v) is 4.01. The summed E-state index contributed by atoms with van der Waals surface area (Å²) < 4.78 is 10.1. The van der Waals surface area contributed by atoms with Crippen molar-refractivity contribution < 1.29 is 19.1 Å². The normalized spacial score (nSPS) is 21.3. The molecule has 1 aromatic carbocycles. The number of hydrogen-bond acceptors (Lipinski definition) is 4. The molecular formula is C17H23NO4. The van der Waals surface area contributed by atoms with Crippen molar-refractivity contribution in [3.8, 4) is 5.75 Å². The summed E-state index contributed by atoms with van der Waals surface area (Å²) in [7, 11) is 1.61. The van der Waals surface area contributed by atoms with E-state index in [1.165, 1.54) is 0 Å². The number of methoxy groups -OCH3 is 1. The van der Waals surface area contributed by atoms with Gasteiger partial charge in [-0.25, -0.2) is 4.79 Å². The molecule has 0 aliphatic carbocycles. The van der Waals surface area contributed by atoms with Gasteiger partial charge in [0.2, 0.25) is 0 Å². The fraction of sp³-hybridized carbons (Fsp3) is 0.529. The van der Waals surface area contributed by atoms with Gasteiger partial charge in [0.1, 0.15) is 5.75 Å². The van der Waals surface area contributed by atoms with Crippen molar-refractivity contribution in [2.45, 2.75) is 32.7 Å². The van der Waals surface area contributed by atoms with Gasteiger partial charge in [-0.05, 0) is 43.4 Å². The maximum atomic E-state index is 12.4. The Kier molecular flexibility index (Phi) is 5.41. The average molecular weight is 305 g/mol. The topological polar surface area (TPSA) is 55.8 Å². The molecule has 0 radical (unpaired) electrons. The lowest BCUT2D eigenvalue weighted by molar-refractivity contribution is -0.162. The second-order valence-corrected chi connectivity index (χ2v) is 5.65. The Labute approximate surface area is 131 Å². The van der Waals surface area contributed by atoms with Gasteiger partial charge in [-0.2, -0.15) is 0 Å². The lowest BCUT2D eigenvalue weighted by atomic mass is 9.90. The van der Waals surface area contributed by atoms with Crippen molar-refractivity contribution in [2.24, 2.45) is 5.92 Å². The smallest absolute Gasteiger partial charge is 0.397 e. The Morgan fingerprint density at radius 1 is 1.32 bits per heavy atom. The van der Waals surface area contributed by atoms with Gasteiger partial charge in [-0.3, -0.25) is 4.79 Å². The Bertz CT molecular complexity index is 543. The van der Waals surface area contributed by atoms with Gasteiger partial charge < -0.3 is 14.4 Å². The zero-order valence-corrected chi connectivity index (χ0v) is 13.4. The lowest BCUT2D eigenvalue weighted by Crippen LogP contribution is -2.45. The molecule has 5 heteroatoms. The number of rotatable bonds is 3. The minimum atomic E-state index is -0.774. The number of amides is 1. The lowest BCUT2D eigenvalue weighted by Gasteiger charge is -2.38. The van der Waals surface area contributed by atoms with E-state index in [0.29, 0.717) is 12.5 Å². The van der Waals surface area contributed by atoms with Crippen LogP contribution in [0.3, 0.4) is 0 Å². The largest absolute Gasteiger partial charge is 0.497 e. The van der Waals surface area contributed by atoms with Crippen LogP contribution in [-0.4, -0.2) is 37.0 Å². The predicted molar refractivity (Wildman–Crippen MR) is 82.5 cm³/mol. The minimum Gasteiger partial charge on any atom is -0.497 e. The zero-order valence-electron chi connectivity index (χ0n) is 13.4. The second kappa shape index (κ2) is 7.29. The summed E-state index contributed by atoms with van der Waals surface area (Å²) in [5.41, 5.74) is 0.990. The summed E-state index contributed by atoms with van der Waals surface area (Å²) in [6.45, 7) is 4.56. The minimum absolute atomic E-state index is 0.108. The molecule has 1 aliphatic rings. The molecule has 0 aromatic heterocycles. The summed E-state index contributed by atoms with van der Waals surface area (Å²) >= 11 is 0. The summed E-state index contributed by atoms with van der Waals surface area (Å²) in [5, 5.41) is 0. The van der Waals surface area contributed by atoms with Gasteiger partial charge in [0, 0.05) is 6.54 Å². The fourth-order valence-corrected chi connectivity index (χ4v) is 2.88. The fourth-order valence-electron chi connectivity index (χ4n) is 2.88. The highest BCUT2D eigenvalue weighted by Gasteiger charge is 2.34. The predicted octanol–water partition coefficient (Wildman–Crippen LogP) is 2.56. The van der Waals surface area contributed by atoms with E-state index in [0.717, 1.165) is 24.2 Å². The Morgan fingerprint density at radius 2 is 2.09 bits per heavy atom. The zero-order chi connectivity index (χ0) is 16.1. The molecule has 2 atom stereocenters. The number of ether oxygens (including phenoxy) is 2. The SMILES string of the molecule is CCOC(=O)C(=O)N1C[C@@H](C)CC[C@@H]1c1cccc(OC)c1. The van der Waals surface area contributed by atoms with Crippen molar-refractivity contribution in [1.29, 1.82) is 0 Å². The number of piperidine rings is 1. The highest BCUT2D eigenvalue weighted by Crippen LogP contribution is 2.34. The van der Waals surface area contributed by atoms with Gasteiger partial charge in [-0.1, -0.05) is 19.1 Å². The van der Waals surface area contributed by atoms with E-state index < -0.39 is 11.9 Å². The van der Waals surface area contributed by atoms with Crippen LogP contribution in [0.25, 0.3) is 0 Å². The Hall–Kier alpha value is -2.04. The maximum Gasteiger partial charge on any atom is 0.397 e. The molecule has 1 saturated heterocycles. The molecule has 0 unspecified atom stereocenters. The number of hydrogen-bond donors (Lipinski definition) is 0. The number of likely N-dealkylation sites (tertiary alicyclic amines) is 1. The average Bonchev–Trinajstić information content (AvgIpc) is 2.54. The van der Waals surface area contributed by atoms with E-state index >= 15 is 0 Å². The quantitative estimate of drug-likeness (QED) is 0.636. The first-order chi connectivity index (χ1) is 10.6. The van der Waals surface area contributed by atoms with Crippen molar-refractivity contribution >= 4 is 11.9 Å². The van der Waals surface area contributed by atoms with E-state index in [1.807, 2.05) is 24.3 Å². The Morgan fingerprint density at radius 3 is 2.77 bits per heavy atom. The second-order valence-electron chi connectivity index (χ2n) is 5.65. The highest BCUT2D eigenvalue weighted by atomic mass is 16.5. The molecule has 1 aliphatic heterocycles. The Balaban J connectivity index is 2.26. The number of benzene rings is 1. The van der Waals surface area contributed by atoms with E-state index in [-0.39, 0.29) is 12.6 Å². The van der Waals surface area contributed by atoms with Crippen LogP contribution in [0.15, 0.2) is 24.3 Å². The molecule has 22 heavy (non-hydrogen) atoms. The van der Waals surface area contributed by atoms with Crippen LogP contribution < -0.4 is 4.74 Å². The number of esters is 1. The molecule has 1 fully saturated rings. The number of carbonyl (C=O) groups excluding carboxylic acids is 2. The van der Waals surface area contributed by atoms with Crippen LogP contribution in [0.5, 0.6) is 5.75 Å². The van der Waals surface area contributed by atoms with Gasteiger partial charge in [-0.15, -0.1) is 0 Å². The van der Waals surface area contributed by atoms with E-state index in [2.05, 4.69) is 6.92 Å². The van der Waals surface area contributed by atoms with Crippen LogP contribution in [-0.2, 0) is 14.3 Å². The van der Waals surface area contributed by atoms with Crippen LogP contribution >= 0.6 is 0 Å². The molecule has 120 valence electrons. The van der Waals surface area contributed by atoms with Gasteiger partial charge >= 0.3 is 11.9 Å². The van der Waals surface area contributed by atoms with Gasteiger partial charge in [0.15, 0.2) is 0 Å². The van der Waals surface area contributed by atoms with Crippen molar-refractivity contribution in [2.75, 3.05) is 20.3 Å². The summed E-state index contributed by atoms with van der Waals surface area (Å²) in [6, 6.07) is 7.55. The first-order valence-electron chi connectivity index (χ1n) is 7.68. The van der Waals surface area contributed by atoms with Gasteiger partial charge in [0.25, 0.3) is 0 Å². The molecular weight excluding hydrogens is 282 g/mol. The first kappa shape index (κ1) is 16.3.